The molecule has 19 heavy (non-hydrogen) atoms. The summed E-state index contributed by atoms with van der Waals surface area (Å²) in [5.74, 6) is 0. The van der Waals surface area contributed by atoms with Gasteiger partial charge in [-0.15, -0.1) is 0 Å². The van der Waals surface area contributed by atoms with Gasteiger partial charge in [0.25, 0.3) is 0 Å². The van der Waals surface area contributed by atoms with E-state index in [2.05, 4.69) is 19.2 Å². The van der Waals surface area contributed by atoms with Crippen LogP contribution in [-0.2, 0) is 4.74 Å². The van der Waals surface area contributed by atoms with Crippen molar-refractivity contribution in [3.63, 3.8) is 0 Å². The Morgan fingerprint density at radius 2 is 1.42 bits per heavy atom. The molecule has 0 spiro atoms. The molecule has 2 heteroatoms. The highest BCUT2D eigenvalue weighted by Gasteiger charge is 2.20. The average molecular weight is 269 g/mol. The number of hydrogen-bond acceptors (Lipinski definition) is 2. The Labute approximate surface area is 120 Å². The summed E-state index contributed by atoms with van der Waals surface area (Å²) in [6, 6.07) is 0.583. The second kappa shape index (κ2) is 11.7. The molecule has 0 radical (unpaired) electrons. The minimum atomic E-state index is 0.441. The van der Waals surface area contributed by atoms with E-state index in [1.807, 2.05) is 0 Å². The van der Waals surface area contributed by atoms with E-state index in [0.29, 0.717) is 12.1 Å². The molecule has 0 amide bonds. The van der Waals surface area contributed by atoms with Crippen molar-refractivity contribution in [3.8, 4) is 0 Å². The smallest absolute Gasteiger partial charge is 0.0727 e. The molecular formula is C17H35NO. The van der Waals surface area contributed by atoms with Crippen LogP contribution in [0.15, 0.2) is 0 Å². The molecule has 0 aromatic heterocycles. The van der Waals surface area contributed by atoms with Crippen molar-refractivity contribution in [1.82, 2.24) is 5.32 Å². The Balaban J connectivity index is 2.48. The fraction of sp³-hybridized carbons (Fsp3) is 1.00. The largest absolute Gasteiger partial charge is 0.377 e. The van der Waals surface area contributed by atoms with Gasteiger partial charge in [-0.1, -0.05) is 58.3 Å². The molecule has 114 valence electrons. The SMILES string of the molecule is CCCNC1CCCCCCCCCCC1OCC. The van der Waals surface area contributed by atoms with Gasteiger partial charge in [-0.2, -0.15) is 0 Å². The highest BCUT2D eigenvalue weighted by atomic mass is 16.5. The first-order valence-corrected chi connectivity index (χ1v) is 8.73. The van der Waals surface area contributed by atoms with Crippen LogP contribution in [0.4, 0.5) is 0 Å². The molecule has 2 unspecified atom stereocenters. The van der Waals surface area contributed by atoms with Gasteiger partial charge in [0, 0.05) is 12.6 Å². The highest BCUT2D eigenvalue weighted by Crippen LogP contribution is 2.19. The molecular weight excluding hydrogens is 234 g/mol. The van der Waals surface area contributed by atoms with E-state index in [0.717, 1.165) is 13.2 Å². The van der Waals surface area contributed by atoms with Crippen LogP contribution in [0.25, 0.3) is 0 Å². The van der Waals surface area contributed by atoms with E-state index >= 15 is 0 Å². The van der Waals surface area contributed by atoms with Crippen LogP contribution in [0.5, 0.6) is 0 Å². The Bertz CT molecular complexity index is 196. The Hall–Kier alpha value is -0.0800. The fourth-order valence-electron chi connectivity index (χ4n) is 3.13. The second-order valence-electron chi connectivity index (χ2n) is 5.96. The summed E-state index contributed by atoms with van der Waals surface area (Å²) in [7, 11) is 0. The lowest BCUT2D eigenvalue weighted by atomic mass is 9.95. The summed E-state index contributed by atoms with van der Waals surface area (Å²) in [4.78, 5) is 0. The van der Waals surface area contributed by atoms with Crippen molar-refractivity contribution in [2.24, 2.45) is 0 Å². The van der Waals surface area contributed by atoms with Crippen LogP contribution in [0.2, 0.25) is 0 Å². The average Bonchev–Trinajstić information content (AvgIpc) is 2.41. The van der Waals surface area contributed by atoms with Crippen LogP contribution in [0.1, 0.15) is 84.5 Å². The number of nitrogens with one attached hydrogen (secondary N) is 1. The summed E-state index contributed by atoms with van der Waals surface area (Å²) in [6.45, 7) is 6.37. The summed E-state index contributed by atoms with van der Waals surface area (Å²) in [5, 5.41) is 3.73. The van der Waals surface area contributed by atoms with E-state index in [-0.39, 0.29) is 0 Å². The highest BCUT2D eigenvalue weighted by molar-refractivity contribution is 4.78. The van der Waals surface area contributed by atoms with Gasteiger partial charge in [-0.3, -0.25) is 0 Å². The third kappa shape index (κ3) is 7.94. The number of hydrogen-bond donors (Lipinski definition) is 1. The lowest BCUT2D eigenvalue weighted by molar-refractivity contribution is 0.0238. The summed E-state index contributed by atoms with van der Waals surface area (Å²) in [5.41, 5.74) is 0. The predicted molar refractivity (Wildman–Crippen MR) is 83.7 cm³/mol. The van der Waals surface area contributed by atoms with E-state index in [1.165, 1.54) is 70.6 Å². The molecule has 0 aromatic rings. The molecule has 0 heterocycles. The molecule has 1 N–H and O–H groups in total. The first-order chi connectivity index (χ1) is 9.38. The Kier molecular flexibility index (Phi) is 10.5. The number of rotatable bonds is 5. The van der Waals surface area contributed by atoms with E-state index in [4.69, 9.17) is 4.74 Å². The molecule has 1 rings (SSSR count). The monoisotopic (exact) mass is 269 g/mol. The van der Waals surface area contributed by atoms with Crippen LogP contribution >= 0.6 is 0 Å². The zero-order valence-electron chi connectivity index (χ0n) is 13.3. The zero-order valence-corrected chi connectivity index (χ0v) is 13.3. The van der Waals surface area contributed by atoms with Crippen molar-refractivity contribution in [3.05, 3.63) is 0 Å². The summed E-state index contributed by atoms with van der Waals surface area (Å²) < 4.78 is 6.03. The third-order valence-electron chi connectivity index (χ3n) is 4.24. The topological polar surface area (TPSA) is 21.3 Å². The molecule has 2 nitrogen and oxygen atoms in total. The fourth-order valence-corrected chi connectivity index (χ4v) is 3.13. The van der Waals surface area contributed by atoms with Gasteiger partial charge >= 0.3 is 0 Å². The minimum absolute atomic E-state index is 0.441. The molecule has 1 aliphatic rings. The van der Waals surface area contributed by atoms with Crippen molar-refractivity contribution in [1.29, 1.82) is 0 Å². The lowest BCUT2D eigenvalue weighted by Crippen LogP contribution is -2.42. The van der Waals surface area contributed by atoms with E-state index in [1.54, 1.807) is 0 Å². The van der Waals surface area contributed by atoms with Crippen LogP contribution in [-0.4, -0.2) is 25.3 Å². The van der Waals surface area contributed by atoms with Crippen molar-refractivity contribution in [2.75, 3.05) is 13.2 Å². The summed E-state index contributed by atoms with van der Waals surface area (Å²) >= 11 is 0. The van der Waals surface area contributed by atoms with Crippen LogP contribution in [0.3, 0.4) is 0 Å². The van der Waals surface area contributed by atoms with Crippen molar-refractivity contribution < 1.29 is 4.74 Å². The van der Waals surface area contributed by atoms with Gasteiger partial charge < -0.3 is 10.1 Å². The van der Waals surface area contributed by atoms with Crippen molar-refractivity contribution >= 4 is 0 Å². The van der Waals surface area contributed by atoms with Crippen LogP contribution < -0.4 is 5.32 Å². The number of ether oxygens (including phenoxy) is 1. The van der Waals surface area contributed by atoms with Gasteiger partial charge in [-0.05, 0) is 32.7 Å². The van der Waals surface area contributed by atoms with E-state index in [9.17, 15) is 0 Å². The molecule has 2 atom stereocenters. The van der Waals surface area contributed by atoms with E-state index < -0.39 is 0 Å². The first kappa shape index (κ1) is 17.0. The van der Waals surface area contributed by atoms with Crippen LogP contribution in [0, 0.1) is 0 Å². The minimum Gasteiger partial charge on any atom is -0.377 e. The molecule has 1 fully saturated rings. The quantitative estimate of drug-likeness (QED) is 0.783. The molecule has 0 bridgehead atoms. The molecule has 0 aromatic carbocycles. The zero-order chi connectivity index (χ0) is 13.8. The maximum atomic E-state index is 6.03. The van der Waals surface area contributed by atoms with Gasteiger partial charge in [0.1, 0.15) is 0 Å². The molecule has 1 aliphatic carbocycles. The standard InChI is InChI=1S/C17H35NO/c1-3-15-18-16-13-11-9-7-5-6-8-10-12-14-17(16)19-4-2/h16-18H,3-15H2,1-2H3. The van der Waals surface area contributed by atoms with Crippen molar-refractivity contribution in [2.45, 2.75) is 96.6 Å². The maximum Gasteiger partial charge on any atom is 0.0727 e. The van der Waals surface area contributed by atoms with Gasteiger partial charge in [0.05, 0.1) is 6.10 Å². The Morgan fingerprint density at radius 1 is 0.842 bits per heavy atom. The molecule has 0 saturated heterocycles. The second-order valence-corrected chi connectivity index (χ2v) is 5.96. The molecule has 0 aliphatic heterocycles. The van der Waals surface area contributed by atoms with Gasteiger partial charge in [-0.25, -0.2) is 0 Å². The Morgan fingerprint density at radius 3 is 2.00 bits per heavy atom. The third-order valence-corrected chi connectivity index (χ3v) is 4.24. The normalized spacial score (nSPS) is 27.5. The van der Waals surface area contributed by atoms with Gasteiger partial charge in [0.15, 0.2) is 0 Å². The first-order valence-electron chi connectivity index (χ1n) is 8.73. The van der Waals surface area contributed by atoms with Gasteiger partial charge in [0.2, 0.25) is 0 Å². The summed E-state index contributed by atoms with van der Waals surface area (Å²) in [6.07, 6.45) is 15.4. The lowest BCUT2D eigenvalue weighted by Gasteiger charge is -2.28. The predicted octanol–water partition coefficient (Wildman–Crippen LogP) is 4.67. The molecule has 1 saturated carbocycles. The maximum absolute atomic E-state index is 6.03.